The van der Waals surface area contributed by atoms with Gasteiger partial charge in [-0.05, 0) is 49.0 Å². The number of benzene rings is 2. The molecular weight excluding hydrogens is 500 g/mol. The number of hydrogen-bond acceptors (Lipinski definition) is 8. The fourth-order valence-electron chi connectivity index (χ4n) is 4.47. The maximum absolute atomic E-state index is 13.4. The molecule has 1 aliphatic rings. The zero-order chi connectivity index (χ0) is 27.3. The quantitative estimate of drug-likeness (QED) is 0.262. The highest BCUT2D eigenvalue weighted by Gasteiger charge is 2.46. The fraction of sp³-hybridized carbons (Fsp3) is 0.407. The minimum Gasteiger partial charge on any atom is -0.507 e. The van der Waals surface area contributed by atoms with E-state index in [0.29, 0.717) is 45.7 Å². The molecule has 1 atom stereocenters. The van der Waals surface area contributed by atoms with E-state index in [4.69, 9.17) is 30.5 Å². The minimum absolute atomic E-state index is 0.0526. The van der Waals surface area contributed by atoms with E-state index in [9.17, 15) is 14.7 Å². The van der Waals surface area contributed by atoms with E-state index in [1.807, 2.05) is 13.8 Å². The van der Waals surface area contributed by atoms with Gasteiger partial charge in [0.25, 0.3) is 11.7 Å². The predicted molar refractivity (Wildman–Crippen MR) is 141 cm³/mol. The summed E-state index contributed by atoms with van der Waals surface area (Å²) in [6.07, 6.45) is 0. The highest BCUT2D eigenvalue weighted by atomic mass is 35.5. The van der Waals surface area contributed by atoms with Crippen molar-refractivity contribution in [3.63, 3.8) is 0 Å². The van der Waals surface area contributed by atoms with E-state index in [0.717, 1.165) is 13.1 Å². The highest BCUT2D eigenvalue weighted by Crippen LogP contribution is 2.46. The second kappa shape index (κ2) is 12.2. The number of nitrogens with zero attached hydrogens (tertiary/aromatic N) is 2. The smallest absolute Gasteiger partial charge is 0.295 e. The Morgan fingerprint density at radius 1 is 0.946 bits per heavy atom. The first-order valence-electron chi connectivity index (χ1n) is 11.9. The standard InChI is InChI=1S/C27H33ClN2O7/c1-7-29(8-2)11-12-30-23(17-14-20(35-4)26(37-6)21(15-17)36-5)22(25(32)27(30)33)24(31)16-9-10-18(28)19(13-16)34-3/h9-10,13-15,23,31H,7-8,11-12H2,1-6H3/b24-22+. The van der Waals surface area contributed by atoms with Gasteiger partial charge in [-0.25, -0.2) is 0 Å². The van der Waals surface area contributed by atoms with Gasteiger partial charge in [0, 0.05) is 18.7 Å². The second-order valence-corrected chi connectivity index (χ2v) is 8.73. The van der Waals surface area contributed by atoms with Crippen LogP contribution in [0, 0.1) is 0 Å². The largest absolute Gasteiger partial charge is 0.507 e. The first-order valence-corrected chi connectivity index (χ1v) is 12.3. The van der Waals surface area contributed by atoms with E-state index >= 15 is 0 Å². The number of amides is 1. The number of halogens is 1. The number of Topliss-reactive ketones (excluding diaryl/α,β-unsaturated/α-hetero) is 1. The summed E-state index contributed by atoms with van der Waals surface area (Å²) in [6.45, 7) is 6.47. The monoisotopic (exact) mass is 532 g/mol. The number of rotatable bonds is 11. The van der Waals surface area contributed by atoms with Gasteiger partial charge >= 0.3 is 0 Å². The third-order valence-electron chi connectivity index (χ3n) is 6.52. The molecule has 0 radical (unpaired) electrons. The van der Waals surface area contributed by atoms with E-state index in [1.54, 1.807) is 24.3 Å². The molecule has 0 spiro atoms. The molecular formula is C27H33ClN2O7. The van der Waals surface area contributed by atoms with Crippen molar-refractivity contribution < 1.29 is 33.6 Å². The fourth-order valence-corrected chi connectivity index (χ4v) is 4.66. The molecule has 1 fully saturated rings. The molecule has 3 rings (SSSR count). The Labute approximate surface area is 222 Å². The Kier molecular flexibility index (Phi) is 9.29. The highest BCUT2D eigenvalue weighted by molar-refractivity contribution is 6.46. The first-order chi connectivity index (χ1) is 17.8. The number of methoxy groups -OCH3 is 4. The maximum Gasteiger partial charge on any atom is 0.295 e. The zero-order valence-electron chi connectivity index (χ0n) is 22.0. The molecule has 0 aliphatic carbocycles. The topological polar surface area (TPSA) is 97.8 Å². The molecule has 0 saturated carbocycles. The summed E-state index contributed by atoms with van der Waals surface area (Å²) in [6, 6.07) is 7.10. The second-order valence-electron chi connectivity index (χ2n) is 8.33. The summed E-state index contributed by atoms with van der Waals surface area (Å²) in [5.74, 6) is -0.406. The molecule has 2 aromatic carbocycles. The van der Waals surface area contributed by atoms with Crippen LogP contribution in [-0.2, 0) is 9.59 Å². The normalized spacial score (nSPS) is 16.9. The van der Waals surface area contributed by atoms with E-state index in [1.165, 1.54) is 39.4 Å². The summed E-state index contributed by atoms with van der Waals surface area (Å²) in [7, 11) is 5.91. The van der Waals surface area contributed by atoms with Crippen molar-refractivity contribution in [2.75, 3.05) is 54.6 Å². The third kappa shape index (κ3) is 5.47. The number of likely N-dealkylation sites (tertiary alicyclic amines) is 1. The van der Waals surface area contributed by atoms with Gasteiger partial charge < -0.3 is 33.9 Å². The van der Waals surface area contributed by atoms with Crippen molar-refractivity contribution in [3.8, 4) is 23.0 Å². The Bertz CT molecular complexity index is 1170. The van der Waals surface area contributed by atoms with Crippen molar-refractivity contribution in [2.45, 2.75) is 19.9 Å². The molecule has 9 nitrogen and oxygen atoms in total. The van der Waals surface area contributed by atoms with Crippen LogP contribution < -0.4 is 18.9 Å². The Balaban J connectivity index is 2.25. The number of aliphatic hydroxyl groups is 1. The van der Waals surface area contributed by atoms with E-state index in [2.05, 4.69) is 4.90 Å². The van der Waals surface area contributed by atoms with Gasteiger partial charge in [-0.2, -0.15) is 0 Å². The van der Waals surface area contributed by atoms with Crippen LogP contribution in [0.3, 0.4) is 0 Å². The lowest BCUT2D eigenvalue weighted by Crippen LogP contribution is -2.38. The van der Waals surface area contributed by atoms with Crippen LogP contribution in [0.1, 0.15) is 31.0 Å². The Morgan fingerprint density at radius 2 is 1.54 bits per heavy atom. The minimum atomic E-state index is -0.897. The molecule has 1 amide bonds. The summed E-state index contributed by atoms with van der Waals surface area (Å²) >= 11 is 6.16. The van der Waals surface area contributed by atoms with E-state index in [-0.39, 0.29) is 17.9 Å². The van der Waals surface area contributed by atoms with Gasteiger partial charge in [-0.1, -0.05) is 25.4 Å². The van der Waals surface area contributed by atoms with Crippen LogP contribution in [0.5, 0.6) is 23.0 Å². The molecule has 1 N–H and O–H groups in total. The van der Waals surface area contributed by atoms with Crippen molar-refractivity contribution in [1.82, 2.24) is 9.80 Å². The van der Waals surface area contributed by atoms with Crippen LogP contribution in [0.15, 0.2) is 35.9 Å². The maximum atomic E-state index is 13.4. The van der Waals surface area contributed by atoms with Crippen molar-refractivity contribution in [2.24, 2.45) is 0 Å². The summed E-state index contributed by atoms with van der Waals surface area (Å²) in [5, 5.41) is 11.7. The Morgan fingerprint density at radius 3 is 2.05 bits per heavy atom. The summed E-state index contributed by atoms with van der Waals surface area (Å²) in [4.78, 5) is 30.3. The number of ether oxygens (including phenoxy) is 4. The molecule has 2 aromatic rings. The van der Waals surface area contributed by atoms with Gasteiger partial charge in [0.2, 0.25) is 5.75 Å². The summed E-state index contributed by atoms with van der Waals surface area (Å²) < 4.78 is 21.7. The third-order valence-corrected chi connectivity index (χ3v) is 6.83. The van der Waals surface area contributed by atoms with Crippen LogP contribution >= 0.6 is 11.6 Å². The molecule has 1 saturated heterocycles. The number of aliphatic hydroxyl groups excluding tert-OH is 1. The van der Waals surface area contributed by atoms with Crippen LogP contribution in [0.25, 0.3) is 5.76 Å². The van der Waals surface area contributed by atoms with E-state index < -0.39 is 17.7 Å². The summed E-state index contributed by atoms with van der Waals surface area (Å²) in [5.41, 5.74) is 0.763. The zero-order valence-corrected chi connectivity index (χ0v) is 22.7. The lowest BCUT2D eigenvalue weighted by atomic mass is 9.94. The number of ketones is 1. The van der Waals surface area contributed by atoms with Gasteiger partial charge in [-0.3, -0.25) is 9.59 Å². The number of carbonyl (C=O) groups excluding carboxylic acids is 2. The average Bonchev–Trinajstić information content (AvgIpc) is 3.17. The van der Waals surface area contributed by atoms with Crippen LogP contribution in [0.2, 0.25) is 5.02 Å². The van der Waals surface area contributed by atoms with Crippen molar-refractivity contribution in [1.29, 1.82) is 0 Å². The lowest BCUT2D eigenvalue weighted by Gasteiger charge is -2.29. The molecule has 0 bridgehead atoms. The van der Waals surface area contributed by atoms with Gasteiger partial charge in [0.1, 0.15) is 11.5 Å². The van der Waals surface area contributed by atoms with Crippen molar-refractivity contribution >= 4 is 29.1 Å². The lowest BCUT2D eigenvalue weighted by molar-refractivity contribution is -0.140. The predicted octanol–water partition coefficient (Wildman–Crippen LogP) is 4.14. The average molecular weight is 533 g/mol. The molecule has 10 heteroatoms. The van der Waals surface area contributed by atoms with Gasteiger partial charge in [0.15, 0.2) is 11.5 Å². The molecule has 1 unspecified atom stereocenters. The molecule has 1 aliphatic heterocycles. The number of likely N-dealkylation sites (N-methyl/N-ethyl adjacent to an activating group) is 1. The van der Waals surface area contributed by atoms with Gasteiger partial charge in [0.05, 0.1) is 45.1 Å². The van der Waals surface area contributed by atoms with Crippen molar-refractivity contribution in [3.05, 3.63) is 52.1 Å². The molecule has 37 heavy (non-hydrogen) atoms. The SMILES string of the molecule is CCN(CC)CCN1C(=O)C(=O)/C(=C(/O)c2ccc(Cl)c(OC)c2)C1c1cc(OC)c(OC)c(OC)c1. The van der Waals surface area contributed by atoms with Gasteiger partial charge in [-0.15, -0.1) is 0 Å². The number of hydrogen-bond donors (Lipinski definition) is 1. The van der Waals surface area contributed by atoms with Crippen LogP contribution in [-0.4, -0.2) is 81.2 Å². The molecule has 200 valence electrons. The number of carbonyl (C=O) groups is 2. The first kappa shape index (κ1) is 28.1. The molecule has 1 heterocycles. The molecule has 0 aromatic heterocycles. The Hall–Kier alpha value is -3.43. The van der Waals surface area contributed by atoms with Crippen LogP contribution in [0.4, 0.5) is 0 Å².